The van der Waals surface area contributed by atoms with Gasteiger partial charge in [0.25, 0.3) is 0 Å². The molecule has 0 aliphatic carbocycles. The number of halogens is 2. The van der Waals surface area contributed by atoms with Crippen molar-refractivity contribution in [1.82, 2.24) is 14.8 Å². The van der Waals surface area contributed by atoms with Crippen LogP contribution in [0.25, 0.3) is 5.69 Å². The second-order valence-electron chi connectivity index (χ2n) is 3.13. The fraction of sp³-hybridized carbons (Fsp3) is 0.200. The van der Waals surface area contributed by atoms with Gasteiger partial charge in [0.1, 0.15) is 0 Å². The molecule has 2 heterocycles. The third-order valence-electron chi connectivity index (χ3n) is 2.06. The van der Waals surface area contributed by atoms with Crippen LogP contribution in [-0.2, 0) is 6.42 Å². The average Bonchev–Trinajstić information content (AvgIpc) is 2.63. The fourth-order valence-electron chi connectivity index (χ4n) is 1.33. The van der Waals surface area contributed by atoms with Crippen LogP contribution < -0.4 is 5.73 Å². The Bertz CT molecular complexity index is 441. The Hall–Kier alpha value is -1.26. The van der Waals surface area contributed by atoms with Crippen molar-refractivity contribution in [3.8, 4) is 5.69 Å². The van der Waals surface area contributed by atoms with Crippen molar-refractivity contribution < 1.29 is 0 Å². The molecule has 0 spiro atoms. The molecule has 0 unspecified atom stereocenters. The lowest BCUT2D eigenvalue weighted by Crippen LogP contribution is -1.97. The van der Waals surface area contributed by atoms with Crippen molar-refractivity contribution in [3.63, 3.8) is 0 Å². The molecule has 0 aliphatic rings. The molecular formula is C10H12Cl2N4. The van der Waals surface area contributed by atoms with Crippen LogP contribution in [0.15, 0.2) is 30.7 Å². The van der Waals surface area contributed by atoms with Gasteiger partial charge in [-0.2, -0.15) is 5.10 Å². The van der Waals surface area contributed by atoms with Crippen molar-refractivity contribution in [1.29, 1.82) is 0 Å². The number of hydrogen-bond donors (Lipinski definition) is 1. The van der Waals surface area contributed by atoms with Crippen molar-refractivity contribution in [2.45, 2.75) is 6.42 Å². The van der Waals surface area contributed by atoms with Crippen LogP contribution in [0.2, 0.25) is 0 Å². The quantitative estimate of drug-likeness (QED) is 0.858. The number of pyridine rings is 1. The molecule has 86 valence electrons. The highest BCUT2D eigenvalue weighted by atomic mass is 35.5. The average molecular weight is 259 g/mol. The lowest BCUT2D eigenvalue weighted by Gasteiger charge is -1.98. The third kappa shape index (κ3) is 2.65. The first-order valence-electron chi connectivity index (χ1n) is 4.61. The summed E-state index contributed by atoms with van der Waals surface area (Å²) >= 11 is 5.65. The largest absolute Gasteiger partial charge is 0.396 e. The molecule has 0 radical (unpaired) electrons. The zero-order valence-corrected chi connectivity index (χ0v) is 10.1. The maximum atomic E-state index is 5.80. The van der Waals surface area contributed by atoms with E-state index in [0.717, 1.165) is 11.4 Å². The van der Waals surface area contributed by atoms with Gasteiger partial charge in [-0.1, -0.05) is 0 Å². The van der Waals surface area contributed by atoms with Gasteiger partial charge in [0.05, 0.1) is 29.5 Å². The topological polar surface area (TPSA) is 56.7 Å². The Morgan fingerprint density at radius 2 is 2.25 bits per heavy atom. The first-order chi connectivity index (χ1) is 7.31. The lowest BCUT2D eigenvalue weighted by molar-refractivity contribution is 0.838. The van der Waals surface area contributed by atoms with Gasteiger partial charge in [-0.25, -0.2) is 4.68 Å². The number of nitrogens with two attached hydrogens (primary N) is 1. The number of anilines is 1. The zero-order chi connectivity index (χ0) is 10.7. The van der Waals surface area contributed by atoms with E-state index in [0.29, 0.717) is 18.0 Å². The molecular weight excluding hydrogens is 247 g/mol. The van der Waals surface area contributed by atoms with Crippen LogP contribution in [0.4, 0.5) is 5.69 Å². The normalized spacial score (nSPS) is 9.81. The van der Waals surface area contributed by atoms with Crippen molar-refractivity contribution >= 4 is 29.7 Å². The summed E-state index contributed by atoms with van der Waals surface area (Å²) in [5.74, 6) is 0.522. The molecule has 0 aliphatic heterocycles. The van der Waals surface area contributed by atoms with Crippen LogP contribution in [0.3, 0.4) is 0 Å². The van der Waals surface area contributed by atoms with Crippen LogP contribution >= 0.6 is 24.0 Å². The van der Waals surface area contributed by atoms with E-state index in [-0.39, 0.29) is 12.4 Å². The highest BCUT2D eigenvalue weighted by molar-refractivity contribution is 6.18. The molecule has 2 aromatic heterocycles. The van der Waals surface area contributed by atoms with Gasteiger partial charge in [0, 0.05) is 18.5 Å². The molecule has 4 nitrogen and oxygen atoms in total. The lowest BCUT2D eigenvalue weighted by atomic mass is 10.3. The Kier molecular flexibility index (Phi) is 4.58. The van der Waals surface area contributed by atoms with Gasteiger partial charge in [-0.15, -0.1) is 24.0 Å². The fourth-order valence-corrected chi connectivity index (χ4v) is 1.51. The number of rotatable bonds is 3. The monoisotopic (exact) mass is 258 g/mol. The number of nitrogens with zero attached hydrogens (tertiary/aromatic N) is 3. The zero-order valence-electron chi connectivity index (χ0n) is 8.51. The minimum atomic E-state index is 0. The van der Waals surface area contributed by atoms with Gasteiger partial charge in [-0.3, -0.25) is 4.98 Å². The number of nitrogen functional groups attached to an aromatic ring is 1. The molecule has 0 atom stereocenters. The molecule has 2 aromatic rings. The van der Waals surface area contributed by atoms with Gasteiger partial charge < -0.3 is 5.73 Å². The van der Waals surface area contributed by atoms with Crippen LogP contribution in [0.5, 0.6) is 0 Å². The Balaban J connectivity index is 0.00000128. The Morgan fingerprint density at radius 1 is 1.44 bits per heavy atom. The van der Waals surface area contributed by atoms with E-state index in [9.17, 15) is 0 Å². The Labute approximate surface area is 105 Å². The predicted molar refractivity (Wildman–Crippen MR) is 67.4 cm³/mol. The smallest absolute Gasteiger partial charge is 0.0870 e. The molecule has 16 heavy (non-hydrogen) atoms. The van der Waals surface area contributed by atoms with E-state index in [2.05, 4.69) is 10.1 Å². The van der Waals surface area contributed by atoms with E-state index in [4.69, 9.17) is 17.3 Å². The number of alkyl halides is 1. The highest BCUT2D eigenvalue weighted by Gasteiger charge is 2.06. The molecule has 0 aromatic carbocycles. The highest BCUT2D eigenvalue weighted by Crippen LogP contribution is 2.14. The van der Waals surface area contributed by atoms with Gasteiger partial charge in [0.15, 0.2) is 0 Å². The van der Waals surface area contributed by atoms with E-state index in [1.54, 1.807) is 23.3 Å². The number of aryl methyl sites for hydroxylation is 1. The van der Waals surface area contributed by atoms with Crippen LogP contribution in [0.1, 0.15) is 5.69 Å². The summed E-state index contributed by atoms with van der Waals surface area (Å²) in [6.07, 6.45) is 5.91. The second kappa shape index (κ2) is 5.72. The molecule has 2 rings (SSSR count). The molecule has 0 saturated carbocycles. The summed E-state index contributed by atoms with van der Waals surface area (Å²) in [4.78, 5) is 4.02. The maximum absolute atomic E-state index is 5.80. The van der Waals surface area contributed by atoms with E-state index in [1.807, 2.05) is 12.1 Å². The molecule has 2 N–H and O–H groups in total. The SMILES string of the molecule is Cl.Nc1cn(-c2cccnc2)nc1CCCl. The third-order valence-corrected chi connectivity index (χ3v) is 2.25. The van der Waals surface area contributed by atoms with Crippen molar-refractivity contribution in [3.05, 3.63) is 36.4 Å². The van der Waals surface area contributed by atoms with Crippen LogP contribution in [0, 0.1) is 0 Å². The Morgan fingerprint density at radius 3 is 2.88 bits per heavy atom. The molecule has 0 saturated heterocycles. The summed E-state index contributed by atoms with van der Waals surface area (Å²) in [6.45, 7) is 0. The van der Waals surface area contributed by atoms with E-state index in [1.165, 1.54) is 0 Å². The van der Waals surface area contributed by atoms with Crippen LogP contribution in [-0.4, -0.2) is 20.6 Å². The van der Waals surface area contributed by atoms with Gasteiger partial charge in [0.2, 0.25) is 0 Å². The summed E-state index contributed by atoms with van der Waals surface area (Å²) < 4.78 is 1.71. The summed E-state index contributed by atoms with van der Waals surface area (Å²) in [6, 6.07) is 3.78. The number of aromatic nitrogens is 3. The maximum Gasteiger partial charge on any atom is 0.0870 e. The first-order valence-corrected chi connectivity index (χ1v) is 5.15. The molecule has 0 bridgehead atoms. The summed E-state index contributed by atoms with van der Waals surface area (Å²) in [5, 5.41) is 4.34. The van der Waals surface area contributed by atoms with Crippen molar-refractivity contribution in [2.75, 3.05) is 11.6 Å². The second-order valence-corrected chi connectivity index (χ2v) is 3.50. The summed E-state index contributed by atoms with van der Waals surface area (Å²) in [7, 11) is 0. The van der Waals surface area contributed by atoms with E-state index >= 15 is 0 Å². The number of hydrogen-bond acceptors (Lipinski definition) is 3. The molecule has 6 heteroatoms. The molecule has 0 amide bonds. The minimum Gasteiger partial charge on any atom is -0.396 e. The summed E-state index contributed by atoms with van der Waals surface area (Å²) in [5.41, 5.74) is 8.19. The minimum absolute atomic E-state index is 0. The van der Waals surface area contributed by atoms with E-state index < -0.39 is 0 Å². The molecule has 0 fully saturated rings. The van der Waals surface area contributed by atoms with Gasteiger partial charge >= 0.3 is 0 Å². The van der Waals surface area contributed by atoms with Gasteiger partial charge in [-0.05, 0) is 12.1 Å². The van der Waals surface area contributed by atoms with Crippen molar-refractivity contribution in [2.24, 2.45) is 0 Å². The predicted octanol–water partition coefficient (Wildman–Crippen LogP) is 2.05. The first kappa shape index (κ1) is 12.8. The standard InChI is InChI=1S/C10H11ClN4.ClH/c11-4-3-10-9(12)7-15(14-10)8-2-1-5-13-6-8;/h1-2,5-7H,3-4,12H2;1H.